The molecule has 154 valence electrons. The van der Waals surface area contributed by atoms with Crippen LogP contribution in [0.5, 0.6) is 17.2 Å². The molecule has 1 amide bonds. The molecule has 1 saturated heterocycles. The third-order valence-electron chi connectivity index (χ3n) is 5.60. The van der Waals surface area contributed by atoms with Crippen LogP contribution < -0.4 is 19.5 Å². The number of hydrogen-bond donors (Lipinski definition) is 1. The second kappa shape index (κ2) is 9.18. The van der Waals surface area contributed by atoms with Crippen LogP contribution in [0.4, 0.5) is 0 Å². The molecule has 2 aliphatic rings. The summed E-state index contributed by atoms with van der Waals surface area (Å²) in [5.41, 5.74) is 1.18. The quantitative estimate of drug-likeness (QED) is 0.813. The highest BCUT2D eigenvalue weighted by Crippen LogP contribution is 2.31. The molecule has 2 atom stereocenters. The molecule has 6 heteroatoms. The molecule has 1 fully saturated rings. The minimum absolute atomic E-state index is 0.127. The maximum Gasteiger partial charge on any atom is 0.264 e. The first kappa shape index (κ1) is 19.6. The fourth-order valence-electron chi connectivity index (χ4n) is 3.97. The van der Waals surface area contributed by atoms with Crippen LogP contribution in [0.1, 0.15) is 30.9 Å². The van der Waals surface area contributed by atoms with Crippen molar-refractivity contribution >= 4 is 5.91 Å². The fraction of sp³-hybridized carbons (Fsp3) is 0.435. The Morgan fingerprint density at radius 1 is 1.10 bits per heavy atom. The number of hydrogen-bond acceptors (Lipinski definition) is 5. The highest BCUT2D eigenvalue weighted by Gasteiger charge is 2.29. The smallest absolute Gasteiger partial charge is 0.264 e. The summed E-state index contributed by atoms with van der Waals surface area (Å²) < 4.78 is 16.8. The molecule has 29 heavy (non-hydrogen) atoms. The summed E-state index contributed by atoms with van der Waals surface area (Å²) >= 11 is 0. The highest BCUT2D eigenvalue weighted by molar-refractivity contribution is 5.81. The van der Waals surface area contributed by atoms with E-state index >= 15 is 0 Å². The molecular weight excluding hydrogens is 368 g/mol. The van der Waals surface area contributed by atoms with E-state index in [2.05, 4.69) is 22.3 Å². The van der Waals surface area contributed by atoms with Gasteiger partial charge in [0.05, 0.1) is 13.2 Å². The molecule has 2 aromatic rings. The van der Waals surface area contributed by atoms with Crippen molar-refractivity contribution in [2.24, 2.45) is 0 Å². The highest BCUT2D eigenvalue weighted by atomic mass is 16.6. The van der Waals surface area contributed by atoms with Gasteiger partial charge in [-0.2, -0.15) is 0 Å². The van der Waals surface area contributed by atoms with Crippen molar-refractivity contribution in [1.82, 2.24) is 10.2 Å². The van der Waals surface area contributed by atoms with Crippen LogP contribution in [0.2, 0.25) is 0 Å². The molecule has 0 aliphatic carbocycles. The molecular formula is C23H28N2O4. The molecule has 1 N–H and O–H groups in total. The van der Waals surface area contributed by atoms with Crippen LogP contribution in [-0.4, -0.2) is 50.3 Å². The summed E-state index contributed by atoms with van der Waals surface area (Å²) in [7, 11) is 1.67. The molecule has 2 heterocycles. The predicted octanol–water partition coefficient (Wildman–Crippen LogP) is 3.18. The van der Waals surface area contributed by atoms with Gasteiger partial charge in [-0.25, -0.2) is 0 Å². The van der Waals surface area contributed by atoms with Crippen molar-refractivity contribution in [1.29, 1.82) is 0 Å². The van der Waals surface area contributed by atoms with Gasteiger partial charge in [0.25, 0.3) is 5.91 Å². The second-order valence-electron chi connectivity index (χ2n) is 7.49. The lowest BCUT2D eigenvalue weighted by Gasteiger charge is -2.35. The average molecular weight is 396 g/mol. The number of benzene rings is 2. The lowest BCUT2D eigenvalue weighted by Crippen LogP contribution is -2.47. The minimum atomic E-state index is -0.636. The minimum Gasteiger partial charge on any atom is -0.497 e. The van der Waals surface area contributed by atoms with E-state index in [1.165, 1.54) is 24.8 Å². The summed E-state index contributed by atoms with van der Waals surface area (Å²) in [6.07, 6.45) is 3.02. The van der Waals surface area contributed by atoms with Gasteiger partial charge in [0.1, 0.15) is 12.4 Å². The van der Waals surface area contributed by atoms with Crippen molar-refractivity contribution in [2.75, 3.05) is 33.4 Å². The van der Waals surface area contributed by atoms with Gasteiger partial charge in [-0.3, -0.25) is 9.69 Å². The van der Waals surface area contributed by atoms with Crippen LogP contribution in [0.25, 0.3) is 0 Å². The Morgan fingerprint density at radius 2 is 1.83 bits per heavy atom. The molecule has 0 unspecified atom stereocenters. The number of rotatable bonds is 6. The first-order chi connectivity index (χ1) is 14.2. The first-order valence-corrected chi connectivity index (χ1v) is 10.3. The normalized spacial score (nSPS) is 20.0. The van der Waals surface area contributed by atoms with Gasteiger partial charge in [0.15, 0.2) is 11.5 Å². The van der Waals surface area contributed by atoms with Crippen LogP contribution in [0.15, 0.2) is 48.5 Å². The summed E-state index contributed by atoms with van der Waals surface area (Å²) in [5, 5.41) is 3.09. The number of fused-ring (bicyclic) bond motifs is 1. The topological polar surface area (TPSA) is 60.0 Å². The zero-order valence-corrected chi connectivity index (χ0v) is 16.8. The molecule has 0 aromatic heterocycles. The Labute approximate surface area is 171 Å². The molecule has 6 nitrogen and oxygen atoms in total. The summed E-state index contributed by atoms with van der Waals surface area (Å²) in [5.74, 6) is 1.99. The van der Waals surface area contributed by atoms with Crippen molar-refractivity contribution in [2.45, 2.75) is 31.4 Å². The summed E-state index contributed by atoms with van der Waals surface area (Å²) in [4.78, 5) is 15.2. The molecule has 0 spiro atoms. The maximum atomic E-state index is 12.8. The first-order valence-electron chi connectivity index (χ1n) is 10.3. The van der Waals surface area contributed by atoms with Gasteiger partial charge in [0.2, 0.25) is 6.10 Å². The van der Waals surface area contributed by atoms with E-state index in [0.717, 1.165) is 18.8 Å². The van der Waals surface area contributed by atoms with Gasteiger partial charge in [-0.15, -0.1) is 0 Å². The van der Waals surface area contributed by atoms with Crippen molar-refractivity contribution < 1.29 is 19.0 Å². The van der Waals surface area contributed by atoms with Gasteiger partial charge >= 0.3 is 0 Å². The Kier molecular flexibility index (Phi) is 6.20. The largest absolute Gasteiger partial charge is 0.497 e. The van der Waals surface area contributed by atoms with Crippen LogP contribution in [0, 0.1) is 0 Å². The van der Waals surface area contributed by atoms with E-state index < -0.39 is 6.10 Å². The Morgan fingerprint density at radius 3 is 2.55 bits per heavy atom. The van der Waals surface area contributed by atoms with Crippen LogP contribution in [0.3, 0.4) is 0 Å². The van der Waals surface area contributed by atoms with Gasteiger partial charge in [0, 0.05) is 6.54 Å². The zero-order chi connectivity index (χ0) is 20.1. The number of piperidine rings is 1. The Hall–Kier alpha value is -2.73. The number of amides is 1. The third-order valence-corrected chi connectivity index (χ3v) is 5.60. The summed E-state index contributed by atoms with van der Waals surface area (Å²) in [6, 6.07) is 15.7. The molecule has 0 bridgehead atoms. The van der Waals surface area contributed by atoms with Crippen LogP contribution >= 0.6 is 0 Å². The Bertz CT molecular complexity index is 818. The number of nitrogens with zero attached hydrogens (tertiary/aromatic N) is 1. The monoisotopic (exact) mass is 396 g/mol. The molecule has 2 aliphatic heterocycles. The molecule has 0 radical (unpaired) electrons. The number of likely N-dealkylation sites (tertiary alicyclic amines) is 1. The van der Waals surface area contributed by atoms with Crippen molar-refractivity contribution in [3.8, 4) is 17.2 Å². The zero-order valence-electron chi connectivity index (χ0n) is 16.8. The predicted molar refractivity (Wildman–Crippen MR) is 111 cm³/mol. The standard InChI is InChI=1S/C23H28N2O4/c1-27-18-11-9-17(10-12-18)19(25-13-5-2-6-14-25)15-24-23(26)22-16-28-20-7-3-4-8-21(20)29-22/h3-4,7-12,19,22H,2,5-6,13-16H2,1H3,(H,24,26)/t19-,22+/m0/s1. The second-order valence-corrected chi connectivity index (χ2v) is 7.49. The molecule has 2 aromatic carbocycles. The van der Waals surface area contributed by atoms with E-state index in [1.807, 2.05) is 36.4 Å². The Balaban J connectivity index is 1.42. The van der Waals surface area contributed by atoms with Gasteiger partial charge in [-0.1, -0.05) is 30.7 Å². The third kappa shape index (κ3) is 4.65. The number of para-hydroxylation sites is 2. The van der Waals surface area contributed by atoms with Crippen molar-refractivity contribution in [3.05, 3.63) is 54.1 Å². The van der Waals surface area contributed by atoms with Crippen LogP contribution in [-0.2, 0) is 4.79 Å². The lowest BCUT2D eigenvalue weighted by atomic mass is 10.0. The number of nitrogens with one attached hydrogen (secondary N) is 1. The number of ether oxygens (including phenoxy) is 3. The molecule has 4 rings (SSSR count). The summed E-state index contributed by atoms with van der Waals surface area (Å²) in [6.45, 7) is 2.85. The lowest BCUT2D eigenvalue weighted by molar-refractivity contribution is -0.130. The molecule has 0 saturated carbocycles. The fourth-order valence-corrected chi connectivity index (χ4v) is 3.97. The van der Waals surface area contributed by atoms with E-state index in [9.17, 15) is 4.79 Å². The van der Waals surface area contributed by atoms with E-state index in [-0.39, 0.29) is 18.6 Å². The van der Waals surface area contributed by atoms with Crippen molar-refractivity contribution in [3.63, 3.8) is 0 Å². The van der Waals surface area contributed by atoms with E-state index in [0.29, 0.717) is 18.0 Å². The van der Waals surface area contributed by atoms with E-state index in [4.69, 9.17) is 14.2 Å². The van der Waals surface area contributed by atoms with E-state index in [1.54, 1.807) is 7.11 Å². The maximum absolute atomic E-state index is 12.8. The number of carbonyl (C=O) groups excluding carboxylic acids is 1. The van der Waals surface area contributed by atoms with Gasteiger partial charge < -0.3 is 19.5 Å². The van der Waals surface area contributed by atoms with Gasteiger partial charge in [-0.05, 0) is 55.8 Å². The number of carbonyl (C=O) groups is 1. The number of methoxy groups -OCH3 is 1. The average Bonchev–Trinajstić information content (AvgIpc) is 2.80. The SMILES string of the molecule is COc1ccc([C@H](CNC(=O)[C@H]2COc3ccccc3O2)N2CCCCC2)cc1.